The highest BCUT2D eigenvalue weighted by molar-refractivity contribution is 5.55. The number of benzene rings is 2. The second kappa shape index (κ2) is 9.51. The minimum atomic E-state index is 0.221. The molecule has 4 rings (SSSR count). The summed E-state index contributed by atoms with van der Waals surface area (Å²) >= 11 is 0. The van der Waals surface area contributed by atoms with E-state index in [1.807, 2.05) is 24.3 Å². The fraction of sp³-hybridized carbons (Fsp3) is 0.318. The van der Waals surface area contributed by atoms with Crippen molar-refractivity contribution in [3.05, 3.63) is 66.0 Å². The molecule has 0 amide bonds. The van der Waals surface area contributed by atoms with Crippen LogP contribution in [0.2, 0.25) is 0 Å². The predicted molar refractivity (Wildman–Crippen MR) is 118 cm³/mol. The van der Waals surface area contributed by atoms with Crippen molar-refractivity contribution in [3.8, 4) is 5.75 Å². The maximum absolute atomic E-state index is 5.92. The number of methoxy groups -OCH3 is 1. The van der Waals surface area contributed by atoms with Crippen LogP contribution >= 0.6 is 0 Å². The van der Waals surface area contributed by atoms with Crippen LogP contribution in [-0.2, 0) is 13.1 Å². The van der Waals surface area contributed by atoms with E-state index < -0.39 is 0 Å². The van der Waals surface area contributed by atoms with Gasteiger partial charge in [-0.25, -0.2) is 0 Å². The van der Waals surface area contributed by atoms with Crippen LogP contribution in [0, 0.1) is 0 Å². The molecule has 156 valence electrons. The summed E-state index contributed by atoms with van der Waals surface area (Å²) < 4.78 is 5.18. The van der Waals surface area contributed by atoms with Crippen LogP contribution in [0.1, 0.15) is 11.4 Å². The molecule has 8 nitrogen and oxygen atoms in total. The van der Waals surface area contributed by atoms with Crippen molar-refractivity contribution in [2.45, 2.75) is 13.1 Å². The van der Waals surface area contributed by atoms with E-state index in [-0.39, 0.29) is 5.95 Å². The Bertz CT molecular complexity index is 941. The van der Waals surface area contributed by atoms with Crippen LogP contribution in [0.5, 0.6) is 5.75 Å². The van der Waals surface area contributed by atoms with E-state index in [2.05, 4.69) is 60.4 Å². The maximum atomic E-state index is 5.92. The molecular weight excluding hydrogens is 378 g/mol. The highest BCUT2D eigenvalue weighted by atomic mass is 16.5. The molecule has 30 heavy (non-hydrogen) atoms. The van der Waals surface area contributed by atoms with Gasteiger partial charge in [-0.05, 0) is 29.8 Å². The van der Waals surface area contributed by atoms with Gasteiger partial charge in [-0.3, -0.25) is 9.80 Å². The van der Waals surface area contributed by atoms with Crippen molar-refractivity contribution in [2.24, 2.45) is 0 Å². The SMILES string of the molecule is COc1ccc(Nc2nc(N)nc(CN3CCN(Cc4ccccc4)CC3)n2)cc1. The van der Waals surface area contributed by atoms with E-state index in [0.717, 1.165) is 44.2 Å². The van der Waals surface area contributed by atoms with E-state index in [1.165, 1.54) is 5.56 Å². The lowest BCUT2D eigenvalue weighted by atomic mass is 10.2. The second-order valence-electron chi connectivity index (χ2n) is 7.32. The average molecular weight is 406 g/mol. The number of nitrogens with two attached hydrogens (primary N) is 1. The second-order valence-corrected chi connectivity index (χ2v) is 7.32. The lowest BCUT2D eigenvalue weighted by molar-refractivity contribution is 0.120. The highest BCUT2D eigenvalue weighted by Gasteiger charge is 2.18. The molecule has 3 aromatic rings. The molecule has 0 bridgehead atoms. The number of ether oxygens (including phenoxy) is 1. The zero-order valence-corrected chi connectivity index (χ0v) is 17.2. The number of nitrogen functional groups attached to an aromatic ring is 1. The van der Waals surface area contributed by atoms with Gasteiger partial charge in [0.15, 0.2) is 0 Å². The zero-order valence-electron chi connectivity index (χ0n) is 17.2. The third-order valence-electron chi connectivity index (χ3n) is 5.12. The molecule has 1 aromatic heterocycles. The summed E-state index contributed by atoms with van der Waals surface area (Å²) in [5, 5.41) is 3.18. The minimum Gasteiger partial charge on any atom is -0.497 e. The molecular formula is C22H27N7O. The van der Waals surface area contributed by atoms with Gasteiger partial charge >= 0.3 is 0 Å². The molecule has 0 atom stereocenters. The number of anilines is 3. The molecule has 0 spiro atoms. The summed E-state index contributed by atoms with van der Waals surface area (Å²) in [6.07, 6.45) is 0. The van der Waals surface area contributed by atoms with Gasteiger partial charge in [0.1, 0.15) is 11.6 Å². The monoisotopic (exact) mass is 405 g/mol. The van der Waals surface area contributed by atoms with Crippen molar-refractivity contribution in [3.63, 3.8) is 0 Å². The number of piperazine rings is 1. The van der Waals surface area contributed by atoms with Crippen LogP contribution in [0.15, 0.2) is 54.6 Å². The quantitative estimate of drug-likeness (QED) is 0.620. The number of nitrogens with zero attached hydrogens (tertiary/aromatic N) is 5. The van der Waals surface area contributed by atoms with Gasteiger partial charge in [-0.1, -0.05) is 30.3 Å². The van der Waals surface area contributed by atoms with Crippen molar-refractivity contribution >= 4 is 17.6 Å². The molecule has 1 aliphatic heterocycles. The van der Waals surface area contributed by atoms with Gasteiger partial charge in [0.25, 0.3) is 0 Å². The fourth-order valence-electron chi connectivity index (χ4n) is 3.52. The van der Waals surface area contributed by atoms with Gasteiger partial charge in [0.05, 0.1) is 13.7 Å². The van der Waals surface area contributed by atoms with Crippen LogP contribution in [0.3, 0.4) is 0 Å². The Morgan fingerprint density at radius 1 is 0.867 bits per heavy atom. The lowest BCUT2D eigenvalue weighted by Crippen LogP contribution is -2.45. The van der Waals surface area contributed by atoms with E-state index in [0.29, 0.717) is 18.3 Å². The molecule has 0 saturated carbocycles. The van der Waals surface area contributed by atoms with E-state index in [1.54, 1.807) is 7.11 Å². The summed E-state index contributed by atoms with van der Waals surface area (Å²) in [6.45, 7) is 5.63. The van der Waals surface area contributed by atoms with E-state index in [9.17, 15) is 0 Å². The first-order valence-corrected chi connectivity index (χ1v) is 10.1. The molecule has 1 aliphatic rings. The van der Waals surface area contributed by atoms with Crippen molar-refractivity contribution in [1.29, 1.82) is 0 Å². The van der Waals surface area contributed by atoms with Gasteiger partial charge in [0.2, 0.25) is 11.9 Å². The van der Waals surface area contributed by atoms with Crippen LogP contribution < -0.4 is 15.8 Å². The molecule has 2 heterocycles. The van der Waals surface area contributed by atoms with Gasteiger partial charge in [0, 0.05) is 38.4 Å². The summed E-state index contributed by atoms with van der Waals surface area (Å²) in [6, 6.07) is 18.2. The third-order valence-corrected chi connectivity index (χ3v) is 5.12. The van der Waals surface area contributed by atoms with Crippen LogP contribution in [0.4, 0.5) is 17.6 Å². The largest absolute Gasteiger partial charge is 0.497 e. The van der Waals surface area contributed by atoms with E-state index in [4.69, 9.17) is 10.5 Å². The molecule has 0 radical (unpaired) electrons. The Hall–Kier alpha value is -3.23. The molecule has 8 heteroatoms. The Kier molecular flexibility index (Phi) is 6.36. The topological polar surface area (TPSA) is 92.4 Å². The van der Waals surface area contributed by atoms with Gasteiger partial charge in [-0.2, -0.15) is 15.0 Å². The Labute approximate surface area is 176 Å². The average Bonchev–Trinajstić information content (AvgIpc) is 2.76. The molecule has 1 saturated heterocycles. The minimum absolute atomic E-state index is 0.221. The van der Waals surface area contributed by atoms with Gasteiger partial charge in [-0.15, -0.1) is 0 Å². The fourth-order valence-corrected chi connectivity index (χ4v) is 3.52. The normalized spacial score (nSPS) is 15.1. The first-order valence-electron chi connectivity index (χ1n) is 10.1. The first kappa shape index (κ1) is 20.1. The Morgan fingerprint density at radius 2 is 1.53 bits per heavy atom. The van der Waals surface area contributed by atoms with Crippen molar-refractivity contribution in [1.82, 2.24) is 24.8 Å². The summed E-state index contributed by atoms with van der Waals surface area (Å²) in [4.78, 5) is 17.9. The third kappa shape index (κ3) is 5.43. The summed E-state index contributed by atoms with van der Waals surface area (Å²) in [7, 11) is 1.64. The number of hydrogen-bond donors (Lipinski definition) is 2. The Balaban J connectivity index is 1.33. The first-order chi connectivity index (χ1) is 14.7. The molecule has 1 fully saturated rings. The number of nitrogens with one attached hydrogen (secondary N) is 1. The molecule has 2 aromatic carbocycles. The molecule has 0 unspecified atom stereocenters. The number of hydrogen-bond acceptors (Lipinski definition) is 8. The summed E-state index contributed by atoms with van der Waals surface area (Å²) in [5.41, 5.74) is 8.14. The van der Waals surface area contributed by atoms with Crippen molar-refractivity contribution < 1.29 is 4.74 Å². The number of rotatable bonds is 7. The lowest BCUT2D eigenvalue weighted by Gasteiger charge is -2.34. The maximum Gasteiger partial charge on any atom is 0.232 e. The van der Waals surface area contributed by atoms with Gasteiger partial charge < -0.3 is 15.8 Å². The van der Waals surface area contributed by atoms with Crippen LogP contribution in [0.25, 0.3) is 0 Å². The van der Waals surface area contributed by atoms with E-state index >= 15 is 0 Å². The zero-order chi connectivity index (χ0) is 20.8. The van der Waals surface area contributed by atoms with Crippen molar-refractivity contribution in [2.75, 3.05) is 44.3 Å². The number of aromatic nitrogens is 3. The standard InChI is InChI=1S/C22H27N7O/c1-30-19-9-7-18(8-10-19)24-22-26-20(25-21(23)27-22)16-29-13-11-28(12-14-29)15-17-5-3-2-4-6-17/h2-10H,11-16H2,1H3,(H3,23,24,25,26,27). The molecule has 3 N–H and O–H groups in total. The smallest absolute Gasteiger partial charge is 0.232 e. The highest BCUT2D eigenvalue weighted by Crippen LogP contribution is 2.18. The Morgan fingerprint density at radius 3 is 2.20 bits per heavy atom. The summed E-state index contributed by atoms with van der Waals surface area (Å²) in [5.74, 6) is 2.14. The molecule has 0 aliphatic carbocycles. The predicted octanol–water partition coefficient (Wildman–Crippen LogP) is 2.52. The van der Waals surface area contributed by atoms with Crippen LogP contribution in [-0.4, -0.2) is 58.0 Å².